The second-order valence-corrected chi connectivity index (χ2v) is 7.04. The lowest BCUT2D eigenvalue weighted by Crippen LogP contribution is -2.14. The van der Waals surface area contributed by atoms with Crippen molar-refractivity contribution in [2.75, 3.05) is 0 Å². The fraction of sp³-hybridized carbons (Fsp3) is 0.316. The van der Waals surface area contributed by atoms with Crippen LogP contribution < -0.4 is 4.74 Å². The summed E-state index contributed by atoms with van der Waals surface area (Å²) in [4.78, 5) is 4.17. The zero-order valence-corrected chi connectivity index (χ0v) is 15.6. The number of hydrogen-bond acceptors (Lipinski definition) is 6. The summed E-state index contributed by atoms with van der Waals surface area (Å²) in [6, 6.07) is 5.48. The lowest BCUT2D eigenvalue weighted by atomic mass is 9.80. The molecule has 0 N–H and O–H groups in total. The molecule has 1 fully saturated rings. The topological polar surface area (TPSA) is 83.0 Å². The molecule has 1 aromatic carbocycles. The zero-order chi connectivity index (χ0) is 20.0. The van der Waals surface area contributed by atoms with E-state index in [0.29, 0.717) is 34.7 Å². The summed E-state index contributed by atoms with van der Waals surface area (Å²) < 4.78 is 36.1. The summed E-state index contributed by atoms with van der Waals surface area (Å²) in [5.74, 6) is -0.0996. The molecule has 0 unspecified atom stereocenters. The molecule has 3 heterocycles. The first-order valence-corrected chi connectivity index (χ1v) is 9.27. The van der Waals surface area contributed by atoms with Gasteiger partial charge in [0.15, 0.2) is 28.9 Å². The van der Waals surface area contributed by atoms with Gasteiger partial charge < -0.3 is 4.74 Å². The summed E-state index contributed by atoms with van der Waals surface area (Å²) in [7, 11) is 1.79. The minimum atomic E-state index is -0.955. The molecule has 29 heavy (non-hydrogen) atoms. The van der Waals surface area contributed by atoms with Gasteiger partial charge in [0.2, 0.25) is 5.88 Å². The molecule has 10 heteroatoms. The van der Waals surface area contributed by atoms with Crippen LogP contribution in [0, 0.1) is 11.6 Å². The van der Waals surface area contributed by atoms with Gasteiger partial charge in [0.25, 0.3) is 0 Å². The number of aryl methyl sites for hydroxylation is 1. The number of aromatic nitrogens is 7. The van der Waals surface area contributed by atoms with E-state index in [0.717, 1.165) is 37.0 Å². The Hall–Kier alpha value is -3.43. The summed E-state index contributed by atoms with van der Waals surface area (Å²) in [6.45, 7) is 0.206. The third kappa shape index (κ3) is 3.10. The first kappa shape index (κ1) is 17.7. The van der Waals surface area contributed by atoms with Crippen molar-refractivity contribution >= 4 is 5.65 Å². The third-order valence-corrected chi connectivity index (χ3v) is 5.25. The molecular formula is C19H17F2N7O. The van der Waals surface area contributed by atoms with Gasteiger partial charge in [-0.05, 0) is 43.0 Å². The fourth-order valence-electron chi connectivity index (χ4n) is 3.35. The molecule has 5 rings (SSSR count). The number of halogens is 2. The molecule has 0 amide bonds. The van der Waals surface area contributed by atoms with Gasteiger partial charge in [-0.2, -0.15) is 9.61 Å². The molecule has 1 aliphatic carbocycles. The van der Waals surface area contributed by atoms with E-state index < -0.39 is 11.6 Å². The molecule has 4 aromatic rings. The molecule has 0 atom stereocenters. The summed E-state index contributed by atoms with van der Waals surface area (Å²) in [5.41, 5.74) is 1.87. The molecule has 1 aliphatic rings. The molecule has 3 aromatic heterocycles. The van der Waals surface area contributed by atoms with Crippen molar-refractivity contribution in [1.82, 2.24) is 34.6 Å². The summed E-state index contributed by atoms with van der Waals surface area (Å²) in [6.07, 6.45) is 4.74. The van der Waals surface area contributed by atoms with E-state index in [4.69, 9.17) is 4.74 Å². The Labute approximate surface area is 164 Å². The number of nitrogens with zero attached hydrogens (tertiary/aromatic N) is 7. The highest BCUT2D eigenvalue weighted by Gasteiger charge is 2.26. The number of hydrogen-bond donors (Lipinski definition) is 0. The van der Waals surface area contributed by atoms with Gasteiger partial charge in [-0.25, -0.2) is 13.8 Å². The van der Waals surface area contributed by atoms with Crippen LogP contribution in [-0.2, 0) is 13.7 Å². The third-order valence-electron chi connectivity index (χ3n) is 5.25. The number of fused-ring (bicyclic) bond motifs is 1. The average molecular weight is 397 g/mol. The smallest absolute Gasteiger partial charge is 0.235 e. The number of benzene rings is 1. The second-order valence-electron chi connectivity index (χ2n) is 7.04. The van der Waals surface area contributed by atoms with Crippen LogP contribution in [0.15, 0.2) is 30.6 Å². The van der Waals surface area contributed by atoms with E-state index in [-0.39, 0.29) is 6.61 Å². The van der Waals surface area contributed by atoms with Crippen LogP contribution in [0.3, 0.4) is 0 Å². The number of rotatable bonds is 5. The van der Waals surface area contributed by atoms with Crippen LogP contribution in [0.2, 0.25) is 0 Å². The van der Waals surface area contributed by atoms with Crippen molar-refractivity contribution in [3.05, 3.63) is 53.6 Å². The summed E-state index contributed by atoms with van der Waals surface area (Å²) >= 11 is 0. The first-order valence-electron chi connectivity index (χ1n) is 9.27. The highest BCUT2D eigenvalue weighted by molar-refractivity contribution is 5.60. The highest BCUT2D eigenvalue weighted by atomic mass is 19.2. The van der Waals surface area contributed by atoms with E-state index in [2.05, 4.69) is 25.4 Å². The Morgan fingerprint density at radius 1 is 1.14 bits per heavy atom. The zero-order valence-electron chi connectivity index (χ0n) is 15.6. The van der Waals surface area contributed by atoms with Crippen molar-refractivity contribution in [2.24, 2.45) is 7.05 Å². The average Bonchev–Trinajstić information content (AvgIpc) is 3.26. The van der Waals surface area contributed by atoms with Gasteiger partial charge in [-0.15, -0.1) is 15.3 Å². The van der Waals surface area contributed by atoms with E-state index >= 15 is 0 Å². The van der Waals surface area contributed by atoms with Crippen LogP contribution in [0.1, 0.15) is 36.6 Å². The second kappa shape index (κ2) is 6.87. The first-order chi connectivity index (χ1) is 14.1. The monoisotopic (exact) mass is 397 g/mol. The van der Waals surface area contributed by atoms with Gasteiger partial charge in [0, 0.05) is 18.2 Å². The van der Waals surface area contributed by atoms with Crippen LogP contribution >= 0.6 is 0 Å². The highest BCUT2D eigenvalue weighted by Crippen LogP contribution is 2.40. The maximum absolute atomic E-state index is 13.7. The minimum absolute atomic E-state index is 0.206. The summed E-state index contributed by atoms with van der Waals surface area (Å²) in [5, 5.41) is 16.9. The standard InChI is InChI=1S/C19H17F2N7O/c1-27-17(22-10-23-27)9-29-19-13(11-3-2-4-11)8-16-24-25-18(28(16)26-19)12-5-6-14(20)15(21)7-12/h5-8,10-11H,2-4,9H2,1H3. The van der Waals surface area contributed by atoms with Gasteiger partial charge in [0.05, 0.1) is 0 Å². The molecule has 0 spiro atoms. The number of ether oxygens (including phenoxy) is 1. The van der Waals surface area contributed by atoms with E-state index in [1.807, 2.05) is 6.07 Å². The van der Waals surface area contributed by atoms with Crippen LogP contribution in [0.25, 0.3) is 17.0 Å². The predicted molar refractivity (Wildman–Crippen MR) is 98.1 cm³/mol. The maximum atomic E-state index is 13.7. The van der Waals surface area contributed by atoms with Crippen LogP contribution in [0.5, 0.6) is 5.88 Å². The lowest BCUT2D eigenvalue weighted by molar-refractivity contribution is 0.264. The van der Waals surface area contributed by atoms with Crippen LogP contribution in [-0.4, -0.2) is 34.6 Å². The largest absolute Gasteiger partial charge is 0.468 e. The van der Waals surface area contributed by atoms with E-state index in [9.17, 15) is 8.78 Å². The van der Waals surface area contributed by atoms with E-state index in [1.165, 1.54) is 16.9 Å². The van der Waals surface area contributed by atoms with Crippen LogP contribution in [0.4, 0.5) is 8.78 Å². The Morgan fingerprint density at radius 2 is 2.00 bits per heavy atom. The van der Waals surface area contributed by atoms with Crippen molar-refractivity contribution in [2.45, 2.75) is 31.8 Å². The lowest BCUT2D eigenvalue weighted by Gasteiger charge is -2.26. The van der Waals surface area contributed by atoms with E-state index in [1.54, 1.807) is 11.7 Å². The molecule has 0 radical (unpaired) electrons. The SMILES string of the molecule is Cn1ncnc1COc1nn2c(-c3ccc(F)c(F)c3)nnc2cc1C1CCC1. The molecular weight excluding hydrogens is 380 g/mol. The van der Waals surface area contributed by atoms with Gasteiger partial charge in [-0.1, -0.05) is 6.42 Å². The maximum Gasteiger partial charge on any atom is 0.235 e. The molecule has 148 valence electrons. The molecule has 0 bridgehead atoms. The fourth-order valence-corrected chi connectivity index (χ4v) is 3.35. The van der Waals surface area contributed by atoms with Gasteiger partial charge >= 0.3 is 0 Å². The van der Waals surface area contributed by atoms with Crippen molar-refractivity contribution in [3.63, 3.8) is 0 Å². The Balaban J connectivity index is 1.57. The quantitative estimate of drug-likeness (QED) is 0.515. The predicted octanol–water partition coefficient (Wildman–Crippen LogP) is 3.04. The molecule has 1 saturated carbocycles. The Bertz CT molecular complexity index is 1200. The minimum Gasteiger partial charge on any atom is -0.468 e. The molecule has 8 nitrogen and oxygen atoms in total. The van der Waals surface area contributed by atoms with Gasteiger partial charge in [0.1, 0.15) is 12.9 Å². The normalized spacial score (nSPS) is 14.3. The van der Waals surface area contributed by atoms with Crippen molar-refractivity contribution in [3.8, 4) is 17.3 Å². The molecule has 0 aliphatic heterocycles. The van der Waals surface area contributed by atoms with Crippen molar-refractivity contribution in [1.29, 1.82) is 0 Å². The molecule has 0 saturated heterocycles. The Kier molecular flexibility index (Phi) is 4.18. The Morgan fingerprint density at radius 3 is 2.69 bits per heavy atom. The van der Waals surface area contributed by atoms with Gasteiger partial charge in [-0.3, -0.25) is 4.68 Å². The van der Waals surface area contributed by atoms with Crippen molar-refractivity contribution < 1.29 is 13.5 Å².